The molecule has 1 unspecified atom stereocenters. The molecular formula is C10H9ClF2O3. The van der Waals surface area contributed by atoms with Crippen LogP contribution in [0.2, 0.25) is 5.02 Å². The first-order valence-corrected chi connectivity index (χ1v) is 4.84. The minimum Gasteiger partial charge on any atom is -0.481 e. The van der Waals surface area contributed by atoms with Crippen molar-refractivity contribution in [3.8, 4) is 0 Å². The summed E-state index contributed by atoms with van der Waals surface area (Å²) in [6.07, 6.45) is -1.62. The molecule has 0 heterocycles. The third kappa shape index (κ3) is 3.15. The van der Waals surface area contributed by atoms with Crippen LogP contribution < -0.4 is 0 Å². The fourth-order valence-electron chi connectivity index (χ4n) is 1.21. The van der Waals surface area contributed by atoms with E-state index in [2.05, 4.69) is 0 Å². The number of carboxylic acid groups (broad SMARTS) is 1. The van der Waals surface area contributed by atoms with Gasteiger partial charge in [-0.05, 0) is 18.6 Å². The molecule has 0 fully saturated rings. The zero-order valence-electron chi connectivity index (χ0n) is 8.08. The molecule has 0 amide bonds. The molecule has 0 saturated heterocycles. The van der Waals surface area contributed by atoms with E-state index >= 15 is 0 Å². The van der Waals surface area contributed by atoms with Crippen LogP contribution in [0.15, 0.2) is 12.1 Å². The number of aliphatic carboxylic acids is 1. The molecule has 0 aliphatic carbocycles. The zero-order valence-corrected chi connectivity index (χ0v) is 8.84. The van der Waals surface area contributed by atoms with Crippen LogP contribution in [0.3, 0.4) is 0 Å². The van der Waals surface area contributed by atoms with Gasteiger partial charge in [-0.2, -0.15) is 0 Å². The lowest BCUT2D eigenvalue weighted by Crippen LogP contribution is -2.04. The maximum Gasteiger partial charge on any atom is 0.303 e. The lowest BCUT2D eigenvalue weighted by atomic mass is 10.0. The normalized spacial score (nSPS) is 12.5. The number of carbonyl (C=O) groups is 1. The largest absolute Gasteiger partial charge is 0.481 e. The third-order valence-corrected chi connectivity index (χ3v) is 2.36. The average molecular weight is 251 g/mol. The highest BCUT2D eigenvalue weighted by atomic mass is 35.5. The Morgan fingerprint density at radius 2 is 1.94 bits per heavy atom. The van der Waals surface area contributed by atoms with Gasteiger partial charge in [0.2, 0.25) is 0 Å². The van der Waals surface area contributed by atoms with E-state index in [0.29, 0.717) is 0 Å². The van der Waals surface area contributed by atoms with Gasteiger partial charge in [0, 0.05) is 17.0 Å². The Balaban J connectivity index is 2.86. The number of hydrogen-bond acceptors (Lipinski definition) is 2. The predicted octanol–water partition coefficient (Wildman–Crippen LogP) is 2.52. The van der Waals surface area contributed by atoms with Crippen molar-refractivity contribution in [1.29, 1.82) is 0 Å². The zero-order chi connectivity index (χ0) is 12.3. The van der Waals surface area contributed by atoms with Crippen LogP contribution in [0.1, 0.15) is 24.5 Å². The molecule has 1 atom stereocenters. The number of carboxylic acids is 1. The maximum absolute atomic E-state index is 12.9. The van der Waals surface area contributed by atoms with Crippen LogP contribution in [0.5, 0.6) is 0 Å². The molecule has 1 aromatic rings. The Bertz CT molecular complexity index is 409. The SMILES string of the molecule is O=C(O)CCC(O)c1cc(F)c(F)cc1Cl. The van der Waals surface area contributed by atoms with Crippen molar-refractivity contribution in [1.82, 2.24) is 0 Å². The fraction of sp³-hybridized carbons (Fsp3) is 0.300. The Morgan fingerprint density at radius 1 is 1.38 bits per heavy atom. The monoisotopic (exact) mass is 250 g/mol. The van der Waals surface area contributed by atoms with Gasteiger partial charge in [0.15, 0.2) is 11.6 Å². The second-order valence-electron chi connectivity index (χ2n) is 3.24. The molecule has 88 valence electrons. The number of rotatable bonds is 4. The third-order valence-electron chi connectivity index (χ3n) is 2.03. The van der Waals surface area contributed by atoms with Crippen LogP contribution in [-0.4, -0.2) is 16.2 Å². The number of aliphatic hydroxyl groups is 1. The van der Waals surface area contributed by atoms with Crippen molar-refractivity contribution in [2.24, 2.45) is 0 Å². The first-order valence-electron chi connectivity index (χ1n) is 4.46. The van der Waals surface area contributed by atoms with Crippen molar-refractivity contribution in [3.05, 3.63) is 34.4 Å². The Labute approximate surface area is 95.3 Å². The van der Waals surface area contributed by atoms with Crippen LogP contribution >= 0.6 is 11.6 Å². The summed E-state index contributed by atoms with van der Waals surface area (Å²) in [5.74, 6) is -3.33. The molecule has 16 heavy (non-hydrogen) atoms. The van der Waals surface area contributed by atoms with E-state index < -0.39 is 23.7 Å². The molecule has 1 rings (SSSR count). The molecular weight excluding hydrogens is 242 g/mol. The van der Waals surface area contributed by atoms with Crippen molar-refractivity contribution >= 4 is 17.6 Å². The molecule has 0 saturated carbocycles. The Hall–Kier alpha value is -1.20. The van der Waals surface area contributed by atoms with Gasteiger partial charge in [-0.3, -0.25) is 4.79 Å². The van der Waals surface area contributed by atoms with E-state index in [1.165, 1.54) is 0 Å². The molecule has 0 radical (unpaired) electrons. The summed E-state index contributed by atoms with van der Waals surface area (Å²) < 4.78 is 25.6. The summed E-state index contributed by atoms with van der Waals surface area (Å²) in [7, 11) is 0. The van der Waals surface area contributed by atoms with Crippen molar-refractivity contribution in [2.75, 3.05) is 0 Å². The number of aliphatic hydroxyl groups excluding tert-OH is 1. The highest BCUT2D eigenvalue weighted by molar-refractivity contribution is 6.31. The molecule has 6 heteroatoms. The highest BCUT2D eigenvalue weighted by Crippen LogP contribution is 2.28. The molecule has 2 N–H and O–H groups in total. The second-order valence-corrected chi connectivity index (χ2v) is 3.64. The molecule has 0 aromatic heterocycles. The van der Waals surface area contributed by atoms with Gasteiger partial charge in [-0.15, -0.1) is 0 Å². The van der Waals surface area contributed by atoms with E-state index in [4.69, 9.17) is 16.7 Å². The smallest absolute Gasteiger partial charge is 0.303 e. The van der Waals surface area contributed by atoms with Gasteiger partial charge in [0.05, 0.1) is 6.10 Å². The van der Waals surface area contributed by atoms with Crippen LogP contribution in [0, 0.1) is 11.6 Å². The Morgan fingerprint density at radius 3 is 2.50 bits per heavy atom. The van der Waals surface area contributed by atoms with Crippen molar-refractivity contribution in [3.63, 3.8) is 0 Å². The predicted molar refractivity (Wildman–Crippen MR) is 53.2 cm³/mol. The molecule has 0 spiro atoms. The number of halogens is 3. The van der Waals surface area contributed by atoms with Crippen LogP contribution in [0.25, 0.3) is 0 Å². The first-order chi connectivity index (χ1) is 7.41. The van der Waals surface area contributed by atoms with Gasteiger partial charge >= 0.3 is 5.97 Å². The molecule has 0 aliphatic rings. The average Bonchev–Trinajstić information content (AvgIpc) is 2.20. The lowest BCUT2D eigenvalue weighted by Gasteiger charge is -2.11. The van der Waals surface area contributed by atoms with Gasteiger partial charge in [0.25, 0.3) is 0 Å². The van der Waals surface area contributed by atoms with E-state index in [1.54, 1.807) is 0 Å². The van der Waals surface area contributed by atoms with E-state index in [0.717, 1.165) is 12.1 Å². The first kappa shape index (κ1) is 12.9. The quantitative estimate of drug-likeness (QED) is 0.808. The van der Waals surface area contributed by atoms with E-state index in [1.807, 2.05) is 0 Å². The van der Waals surface area contributed by atoms with E-state index in [9.17, 15) is 18.7 Å². The van der Waals surface area contributed by atoms with Gasteiger partial charge in [-0.1, -0.05) is 11.6 Å². The summed E-state index contributed by atoms with van der Waals surface area (Å²) >= 11 is 5.60. The highest BCUT2D eigenvalue weighted by Gasteiger charge is 2.16. The van der Waals surface area contributed by atoms with Gasteiger partial charge < -0.3 is 10.2 Å². The van der Waals surface area contributed by atoms with Crippen LogP contribution in [0.4, 0.5) is 8.78 Å². The maximum atomic E-state index is 12.9. The Kier molecular flexibility index (Phi) is 4.20. The summed E-state index contributed by atoms with van der Waals surface area (Å²) in [4.78, 5) is 10.3. The number of hydrogen-bond donors (Lipinski definition) is 2. The molecule has 0 aliphatic heterocycles. The molecule has 0 bridgehead atoms. The molecule has 1 aromatic carbocycles. The van der Waals surface area contributed by atoms with Crippen molar-refractivity contribution < 1.29 is 23.8 Å². The van der Waals surface area contributed by atoms with E-state index in [-0.39, 0.29) is 23.4 Å². The van der Waals surface area contributed by atoms with Crippen molar-refractivity contribution in [2.45, 2.75) is 18.9 Å². The standard InChI is InChI=1S/C10H9ClF2O3/c11-6-4-8(13)7(12)3-5(6)9(14)1-2-10(15)16/h3-4,9,14H,1-2H2,(H,15,16). The minimum atomic E-state index is -1.22. The summed E-state index contributed by atoms with van der Waals surface area (Å²) in [6, 6.07) is 1.51. The van der Waals surface area contributed by atoms with Gasteiger partial charge in [-0.25, -0.2) is 8.78 Å². The summed E-state index contributed by atoms with van der Waals surface area (Å²) in [6.45, 7) is 0. The minimum absolute atomic E-state index is 0.0122. The molecule has 3 nitrogen and oxygen atoms in total. The lowest BCUT2D eigenvalue weighted by molar-refractivity contribution is -0.137. The number of benzene rings is 1. The topological polar surface area (TPSA) is 57.5 Å². The van der Waals surface area contributed by atoms with Gasteiger partial charge in [0.1, 0.15) is 0 Å². The summed E-state index contributed by atoms with van der Waals surface area (Å²) in [5, 5.41) is 17.8. The van der Waals surface area contributed by atoms with Crippen LogP contribution in [-0.2, 0) is 4.79 Å². The second kappa shape index (κ2) is 5.23. The fourth-order valence-corrected chi connectivity index (χ4v) is 1.49. The summed E-state index contributed by atoms with van der Waals surface area (Å²) in [5.41, 5.74) is -0.0122.